The highest BCUT2D eigenvalue weighted by Gasteiger charge is 2.33. The van der Waals surface area contributed by atoms with Crippen LogP contribution < -0.4 is 0 Å². The van der Waals surface area contributed by atoms with E-state index in [9.17, 15) is 9.59 Å². The molecule has 4 rings (SSSR count). The maximum absolute atomic E-state index is 12.8. The molecule has 1 aromatic heterocycles. The largest absolute Gasteiger partial charge is 0.467 e. The van der Waals surface area contributed by atoms with Crippen LogP contribution in [0.3, 0.4) is 0 Å². The molecule has 148 valence electrons. The van der Waals surface area contributed by atoms with Crippen LogP contribution in [0.2, 0.25) is 0 Å². The molecule has 5 nitrogen and oxygen atoms in total. The van der Waals surface area contributed by atoms with Gasteiger partial charge in [0.15, 0.2) is 0 Å². The molecular formula is C23H22N2O3S. The molecule has 1 aliphatic rings. The van der Waals surface area contributed by atoms with Crippen LogP contribution in [0.4, 0.5) is 0 Å². The number of furan rings is 1. The van der Waals surface area contributed by atoms with Gasteiger partial charge in [-0.15, -0.1) is 11.8 Å². The molecule has 2 heterocycles. The lowest BCUT2D eigenvalue weighted by Crippen LogP contribution is -2.28. The van der Waals surface area contributed by atoms with Gasteiger partial charge in [-0.25, -0.2) is 0 Å². The quantitative estimate of drug-likeness (QED) is 0.612. The van der Waals surface area contributed by atoms with Gasteiger partial charge < -0.3 is 14.2 Å². The molecule has 0 bridgehead atoms. The summed E-state index contributed by atoms with van der Waals surface area (Å²) < 4.78 is 5.40. The van der Waals surface area contributed by atoms with Crippen molar-refractivity contribution >= 4 is 23.6 Å². The topological polar surface area (TPSA) is 53.8 Å². The summed E-state index contributed by atoms with van der Waals surface area (Å²) in [5.74, 6) is 1.29. The summed E-state index contributed by atoms with van der Waals surface area (Å²) in [6.45, 7) is 1.01. The normalized spacial score (nSPS) is 16.2. The van der Waals surface area contributed by atoms with Crippen molar-refractivity contribution < 1.29 is 14.0 Å². The number of amides is 2. The van der Waals surface area contributed by atoms with Crippen molar-refractivity contribution in [1.82, 2.24) is 9.80 Å². The molecule has 2 amide bonds. The number of thioether (sulfide) groups is 1. The Hall–Kier alpha value is -2.99. The zero-order valence-corrected chi connectivity index (χ0v) is 17.0. The van der Waals surface area contributed by atoms with Crippen LogP contribution in [0.15, 0.2) is 77.4 Å². The Kier molecular flexibility index (Phi) is 5.71. The van der Waals surface area contributed by atoms with Crippen molar-refractivity contribution in [1.29, 1.82) is 0 Å². The van der Waals surface area contributed by atoms with Crippen LogP contribution in [0, 0.1) is 0 Å². The van der Waals surface area contributed by atoms with Crippen molar-refractivity contribution in [3.05, 3.63) is 95.4 Å². The molecule has 1 aliphatic heterocycles. The van der Waals surface area contributed by atoms with E-state index in [4.69, 9.17) is 4.42 Å². The van der Waals surface area contributed by atoms with Gasteiger partial charge in [0.2, 0.25) is 5.91 Å². The van der Waals surface area contributed by atoms with Crippen molar-refractivity contribution in [2.45, 2.75) is 18.5 Å². The highest BCUT2D eigenvalue weighted by atomic mass is 32.2. The lowest BCUT2D eigenvalue weighted by Gasteiger charge is -2.23. The Labute approximate surface area is 174 Å². The third-order valence-corrected chi connectivity index (χ3v) is 6.18. The predicted octanol–water partition coefficient (Wildman–Crippen LogP) is 4.33. The molecule has 0 spiro atoms. The maximum Gasteiger partial charge on any atom is 0.253 e. The average molecular weight is 407 g/mol. The Balaban J connectivity index is 1.45. The van der Waals surface area contributed by atoms with Gasteiger partial charge in [0, 0.05) is 19.2 Å². The fourth-order valence-corrected chi connectivity index (χ4v) is 4.60. The van der Waals surface area contributed by atoms with Crippen LogP contribution in [-0.2, 0) is 17.9 Å². The van der Waals surface area contributed by atoms with Crippen LogP contribution in [0.25, 0.3) is 0 Å². The Morgan fingerprint density at radius 2 is 1.86 bits per heavy atom. The van der Waals surface area contributed by atoms with Gasteiger partial charge in [-0.2, -0.15) is 0 Å². The number of carbonyl (C=O) groups is 2. The predicted molar refractivity (Wildman–Crippen MR) is 113 cm³/mol. The van der Waals surface area contributed by atoms with Gasteiger partial charge in [0.25, 0.3) is 5.91 Å². The summed E-state index contributed by atoms with van der Waals surface area (Å²) in [7, 11) is 1.81. The van der Waals surface area contributed by atoms with E-state index in [-0.39, 0.29) is 17.2 Å². The molecule has 0 aliphatic carbocycles. The smallest absolute Gasteiger partial charge is 0.253 e. The van der Waals surface area contributed by atoms with Crippen molar-refractivity contribution in [3.63, 3.8) is 0 Å². The summed E-state index contributed by atoms with van der Waals surface area (Å²) in [5, 5.41) is -0.0706. The van der Waals surface area contributed by atoms with E-state index in [0.29, 0.717) is 24.4 Å². The van der Waals surface area contributed by atoms with E-state index in [2.05, 4.69) is 0 Å². The van der Waals surface area contributed by atoms with E-state index in [1.807, 2.05) is 71.6 Å². The standard InChI is InChI=1S/C23H22N2O3S/c1-24(14-17-6-3-2-4-7-17)22(27)18-9-11-19(12-10-18)23-25(21(26)16-29-23)15-20-8-5-13-28-20/h2-13,23H,14-16H2,1H3/t23-/m0/s1. The van der Waals surface area contributed by atoms with Gasteiger partial charge >= 0.3 is 0 Å². The first kappa shape index (κ1) is 19.3. The molecule has 1 atom stereocenters. The average Bonchev–Trinajstić information content (AvgIpc) is 3.39. The molecule has 2 aromatic carbocycles. The van der Waals surface area contributed by atoms with Crippen molar-refractivity contribution in [2.24, 2.45) is 0 Å². The molecule has 6 heteroatoms. The number of benzene rings is 2. The Bertz CT molecular complexity index is 971. The van der Waals surface area contributed by atoms with Gasteiger partial charge in [-0.1, -0.05) is 42.5 Å². The van der Waals surface area contributed by atoms with E-state index >= 15 is 0 Å². The van der Waals surface area contributed by atoms with E-state index in [1.165, 1.54) is 0 Å². The minimum Gasteiger partial charge on any atom is -0.467 e. The molecule has 29 heavy (non-hydrogen) atoms. The number of carbonyl (C=O) groups excluding carboxylic acids is 2. The molecule has 1 saturated heterocycles. The fourth-order valence-electron chi connectivity index (χ4n) is 3.41. The third-order valence-electron chi connectivity index (χ3n) is 4.93. The second-order valence-electron chi connectivity index (χ2n) is 7.03. The van der Waals surface area contributed by atoms with E-state index < -0.39 is 0 Å². The first-order chi connectivity index (χ1) is 14.1. The van der Waals surface area contributed by atoms with E-state index in [0.717, 1.165) is 16.9 Å². The van der Waals surface area contributed by atoms with Gasteiger partial charge in [-0.05, 0) is 35.4 Å². The minimum absolute atomic E-state index is 0.0250. The third kappa shape index (κ3) is 4.38. The van der Waals surface area contributed by atoms with Crippen LogP contribution in [-0.4, -0.2) is 34.4 Å². The summed E-state index contributed by atoms with van der Waals surface area (Å²) in [4.78, 5) is 28.6. The first-order valence-electron chi connectivity index (χ1n) is 9.44. The molecule has 0 N–H and O–H groups in total. The first-order valence-corrected chi connectivity index (χ1v) is 10.5. The number of nitrogens with zero attached hydrogens (tertiary/aromatic N) is 2. The molecule has 0 saturated carbocycles. The SMILES string of the molecule is CN(Cc1ccccc1)C(=O)c1ccc([C@@H]2SCC(=O)N2Cc2ccco2)cc1. The highest BCUT2D eigenvalue weighted by Crippen LogP contribution is 2.39. The van der Waals surface area contributed by atoms with Gasteiger partial charge in [0.1, 0.15) is 11.1 Å². The molecule has 0 radical (unpaired) electrons. The molecule has 0 unspecified atom stereocenters. The zero-order valence-electron chi connectivity index (χ0n) is 16.2. The Morgan fingerprint density at radius 1 is 1.10 bits per heavy atom. The van der Waals surface area contributed by atoms with Gasteiger partial charge in [-0.3, -0.25) is 9.59 Å². The maximum atomic E-state index is 12.8. The van der Waals surface area contributed by atoms with Crippen molar-refractivity contribution in [2.75, 3.05) is 12.8 Å². The molecular weight excluding hydrogens is 384 g/mol. The van der Waals surface area contributed by atoms with Gasteiger partial charge in [0.05, 0.1) is 18.6 Å². The van der Waals surface area contributed by atoms with Crippen LogP contribution >= 0.6 is 11.8 Å². The number of hydrogen-bond donors (Lipinski definition) is 0. The number of hydrogen-bond acceptors (Lipinski definition) is 4. The second-order valence-corrected chi connectivity index (χ2v) is 8.10. The zero-order chi connectivity index (χ0) is 20.2. The monoisotopic (exact) mass is 406 g/mol. The summed E-state index contributed by atoms with van der Waals surface area (Å²) in [6, 6.07) is 21.2. The number of rotatable bonds is 6. The fraction of sp³-hybridized carbons (Fsp3) is 0.217. The van der Waals surface area contributed by atoms with E-state index in [1.54, 1.807) is 30.0 Å². The highest BCUT2D eigenvalue weighted by molar-refractivity contribution is 8.00. The second kappa shape index (κ2) is 8.57. The lowest BCUT2D eigenvalue weighted by molar-refractivity contribution is -0.128. The summed E-state index contributed by atoms with van der Waals surface area (Å²) in [5.41, 5.74) is 2.74. The lowest BCUT2D eigenvalue weighted by atomic mass is 10.1. The molecule has 3 aromatic rings. The molecule has 1 fully saturated rings. The van der Waals surface area contributed by atoms with Crippen LogP contribution in [0.5, 0.6) is 0 Å². The minimum atomic E-state index is -0.0706. The van der Waals surface area contributed by atoms with Crippen molar-refractivity contribution in [3.8, 4) is 0 Å². The van der Waals surface area contributed by atoms with Crippen LogP contribution in [0.1, 0.15) is 32.6 Å². The Morgan fingerprint density at radius 3 is 2.55 bits per heavy atom. The summed E-state index contributed by atoms with van der Waals surface area (Å²) >= 11 is 1.60. The summed E-state index contributed by atoms with van der Waals surface area (Å²) in [6.07, 6.45) is 1.62.